The molecule has 0 aromatic rings. The van der Waals surface area contributed by atoms with E-state index in [-0.39, 0.29) is 12.5 Å². The maximum atomic E-state index is 11.8. The summed E-state index contributed by atoms with van der Waals surface area (Å²) in [6.45, 7) is 5.08. The fourth-order valence-corrected chi connectivity index (χ4v) is 2.13. The van der Waals surface area contributed by atoms with E-state index < -0.39 is 29.5 Å². The molecule has 0 aromatic heterocycles. The molecule has 1 rings (SSSR count). The molecular formula is C11H19N3O4. The van der Waals surface area contributed by atoms with Crippen molar-refractivity contribution in [2.24, 2.45) is 11.7 Å². The smallest absolute Gasteiger partial charge is 0.323 e. The van der Waals surface area contributed by atoms with Gasteiger partial charge >= 0.3 is 5.97 Å². The topological polar surface area (TPSA) is 102 Å². The number of methoxy groups -OCH3 is 1. The molecule has 0 spiro atoms. The Balaban J connectivity index is 3.07. The number of rotatable bonds is 4. The van der Waals surface area contributed by atoms with E-state index in [4.69, 9.17) is 10.5 Å². The maximum Gasteiger partial charge on any atom is 0.323 e. The number of amides is 2. The van der Waals surface area contributed by atoms with Crippen molar-refractivity contribution in [2.75, 3.05) is 13.7 Å². The van der Waals surface area contributed by atoms with Gasteiger partial charge in [0.1, 0.15) is 6.04 Å². The Labute approximate surface area is 106 Å². The highest BCUT2D eigenvalue weighted by Crippen LogP contribution is 2.24. The van der Waals surface area contributed by atoms with Gasteiger partial charge in [0.25, 0.3) is 0 Å². The lowest BCUT2D eigenvalue weighted by atomic mass is 9.97. The first-order chi connectivity index (χ1) is 8.20. The van der Waals surface area contributed by atoms with Crippen molar-refractivity contribution in [3.63, 3.8) is 0 Å². The molecule has 1 saturated heterocycles. The molecule has 2 unspecified atom stereocenters. The molecule has 7 heteroatoms. The quantitative estimate of drug-likeness (QED) is 0.617. The van der Waals surface area contributed by atoms with Crippen LogP contribution in [0.15, 0.2) is 0 Å². The summed E-state index contributed by atoms with van der Waals surface area (Å²) in [5.41, 5.74) is 4.52. The number of ether oxygens (including phenoxy) is 1. The van der Waals surface area contributed by atoms with Gasteiger partial charge in [-0.25, -0.2) is 0 Å². The van der Waals surface area contributed by atoms with Crippen molar-refractivity contribution in [2.45, 2.75) is 32.5 Å². The van der Waals surface area contributed by atoms with Crippen molar-refractivity contribution < 1.29 is 19.1 Å². The fraction of sp³-hybridized carbons (Fsp3) is 0.727. The average Bonchev–Trinajstić information content (AvgIpc) is 2.52. The molecular weight excluding hydrogens is 238 g/mol. The third-order valence-corrected chi connectivity index (χ3v) is 3.18. The van der Waals surface area contributed by atoms with Gasteiger partial charge in [0.05, 0.1) is 25.2 Å². The Kier molecular flexibility index (Phi) is 3.95. The minimum Gasteiger partial charge on any atom is -0.468 e. The van der Waals surface area contributed by atoms with E-state index in [1.165, 1.54) is 7.11 Å². The van der Waals surface area contributed by atoms with Crippen molar-refractivity contribution >= 4 is 17.8 Å². The highest BCUT2D eigenvalue weighted by Gasteiger charge is 2.47. The van der Waals surface area contributed by atoms with E-state index >= 15 is 0 Å². The lowest BCUT2D eigenvalue weighted by Crippen LogP contribution is -2.57. The molecule has 2 amide bonds. The van der Waals surface area contributed by atoms with E-state index in [1.54, 1.807) is 25.7 Å². The van der Waals surface area contributed by atoms with Crippen LogP contribution in [0, 0.1) is 5.92 Å². The zero-order valence-corrected chi connectivity index (χ0v) is 11.0. The Hall–Kier alpha value is -1.63. The molecule has 0 bridgehead atoms. The summed E-state index contributed by atoms with van der Waals surface area (Å²) in [4.78, 5) is 36.2. The standard InChI is InChI=1S/C11H19N3O4/c1-6(9(12)16)8(10(17)18-4)14-5-7(15)13-11(14,2)3/h6,8H,5H2,1-4H3,(H2,12,16)(H,13,15). The Morgan fingerprint density at radius 2 is 2.06 bits per heavy atom. The predicted molar refractivity (Wildman–Crippen MR) is 63.1 cm³/mol. The SMILES string of the molecule is COC(=O)C(C(C)C(N)=O)N1CC(=O)NC1(C)C. The molecule has 1 heterocycles. The van der Waals surface area contributed by atoms with Gasteiger partial charge in [0, 0.05) is 0 Å². The largest absolute Gasteiger partial charge is 0.468 e. The van der Waals surface area contributed by atoms with Gasteiger partial charge in [-0.1, -0.05) is 6.92 Å². The van der Waals surface area contributed by atoms with Gasteiger partial charge in [-0.15, -0.1) is 0 Å². The predicted octanol–water partition coefficient (Wildman–Crippen LogP) is -1.18. The van der Waals surface area contributed by atoms with E-state index in [2.05, 4.69) is 5.32 Å². The van der Waals surface area contributed by atoms with Crippen LogP contribution in [0.5, 0.6) is 0 Å². The van der Waals surface area contributed by atoms with Crippen LogP contribution in [0.25, 0.3) is 0 Å². The van der Waals surface area contributed by atoms with E-state index in [0.717, 1.165) is 0 Å². The van der Waals surface area contributed by atoms with Crippen molar-refractivity contribution in [1.82, 2.24) is 10.2 Å². The zero-order valence-electron chi connectivity index (χ0n) is 11.0. The van der Waals surface area contributed by atoms with Gasteiger partial charge < -0.3 is 15.8 Å². The van der Waals surface area contributed by atoms with Gasteiger partial charge in [-0.05, 0) is 13.8 Å². The molecule has 7 nitrogen and oxygen atoms in total. The number of primary amides is 1. The third kappa shape index (κ3) is 2.61. The van der Waals surface area contributed by atoms with Gasteiger partial charge in [-0.3, -0.25) is 19.3 Å². The summed E-state index contributed by atoms with van der Waals surface area (Å²) >= 11 is 0. The Morgan fingerprint density at radius 1 is 1.50 bits per heavy atom. The van der Waals surface area contributed by atoms with Crippen LogP contribution in [0.1, 0.15) is 20.8 Å². The lowest BCUT2D eigenvalue weighted by Gasteiger charge is -2.37. The van der Waals surface area contributed by atoms with Gasteiger partial charge in [0.15, 0.2) is 0 Å². The summed E-state index contributed by atoms with van der Waals surface area (Å²) in [6, 6.07) is -0.874. The molecule has 18 heavy (non-hydrogen) atoms. The lowest BCUT2D eigenvalue weighted by molar-refractivity contribution is -0.153. The zero-order chi connectivity index (χ0) is 14.1. The number of carbonyl (C=O) groups is 3. The molecule has 0 radical (unpaired) electrons. The summed E-state index contributed by atoms with van der Waals surface area (Å²) < 4.78 is 4.70. The van der Waals surface area contributed by atoms with E-state index in [1.807, 2.05) is 0 Å². The number of nitrogens with two attached hydrogens (primary N) is 1. The second-order valence-corrected chi connectivity index (χ2v) is 4.89. The first-order valence-corrected chi connectivity index (χ1v) is 5.65. The minimum atomic E-state index is -0.874. The first kappa shape index (κ1) is 14.4. The van der Waals surface area contributed by atoms with Crippen LogP contribution in [-0.2, 0) is 19.1 Å². The highest BCUT2D eigenvalue weighted by atomic mass is 16.5. The molecule has 102 valence electrons. The molecule has 0 aromatic carbocycles. The molecule has 2 atom stereocenters. The van der Waals surface area contributed by atoms with Gasteiger partial charge in [-0.2, -0.15) is 0 Å². The molecule has 1 aliphatic rings. The third-order valence-electron chi connectivity index (χ3n) is 3.18. The van der Waals surface area contributed by atoms with Crippen LogP contribution in [-0.4, -0.2) is 48.0 Å². The van der Waals surface area contributed by atoms with Crippen LogP contribution < -0.4 is 11.1 Å². The highest BCUT2D eigenvalue weighted by molar-refractivity contribution is 5.88. The molecule has 3 N–H and O–H groups in total. The van der Waals surface area contributed by atoms with Crippen molar-refractivity contribution in [3.8, 4) is 0 Å². The number of nitrogens with one attached hydrogen (secondary N) is 1. The molecule has 0 aliphatic carbocycles. The number of carbonyl (C=O) groups excluding carboxylic acids is 3. The summed E-state index contributed by atoms with van der Waals surface area (Å²) in [6.07, 6.45) is 0. The molecule has 1 aliphatic heterocycles. The number of hydrogen-bond acceptors (Lipinski definition) is 5. The number of esters is 1. The second-order valence-electron chi connectivity index (χ2n) is 4.89. The fourth-order valence-electron chi connectivity index (χ4n) is 2.13. The summed E-state index contributed by atoms with van der Waals surface area (Å²) in [5.74, 6) is -2.14. The molecule has 1 fully saturated rings. The average molecular weight is 257 g/mol. The van der Waals surface area contributed by atoms with Gasteiger partial charge in [0.2, 0.25) is 11.8 Å². The van der Waals surface area contributed by atoms with E-state index in [9.17, 15) is 14.4 Å². The van der Waals surface area contributed by atoms with Crippen LogP contribution in [0.2, 0.25) is 0 Å². The first-order valence-electron chi connectivity index (χ1n) is 5.65. The maximum absolute atomic E-state index is 11.8. The Morgan fingerprint density at radius 3 is 2.39 bits per heavy atom. The van der Waals surface area contributed by atoms with E-state index in [0.29, 0.717) is 0 Å². The van der Waals surface area contributed by atoms with Crippen molar-refractivity contribution in [1.29, 1.82) is 0 Å². The van der Waals surface area contributed by atoms with Crippen LogP contribution in [0.3, 0.4) is 0 Å². The second kappa shape index (κ2) is 4.93. The van der Waals surface area contributed by atoms with Crippen molar-refractivity contribution in [3.05, 3.63) is 0 Å². The molecule has 0 saturated carbocycles. The summed E-state index contributed by atoms with van der Waals surface area (Å²) in [5, 5.41) is 2.72. The summed E-state index contributed by atoms with van der Waals surface area (Å²) in [7, 11) is 1.24. The monoisotopic (exact) mass is 257 g/mol. The van der Waals surface area contributed by atoms with Crippen LogP contribution >= 0.6 is 0 Å². The Bertz CT molecular complexity index is 380. The minimum absolute atomic E-state index is 0.0321. The normalized spacial score (nSPS) is 22.1. The number of nitrogens with zero attached hydrogens (tertiary/aromatic N) is 1. The van der Waals surface area contributed by atoms with Crippen LogP contribution in [0.4, 0.5) is 0 Å². The number of hydrogen-bond donors (Lipinski definition) is 2.